The van der Waals surface area contributed by atoms with Crippen LogP contribution in [0.2, 0.25) is 5.02 Å². The van der Waals surface area contributed by atoms with E-state index in [9.17, 15) is 4.79 Å². The van der Waals surface area contributed by atoms with Crippen LogP contribution in [0.1, 0.15) is 26.7 Å². The fourth-order valence-corrected chi connectivity index (χ4v) is 5.27. The highest BCUT2D eigenvalue weighted by atomic mass is 35.5. The summed E-state index contributed by atoms with van der Waals surface area (Å²) in [6.07, 6.45) is 5.38. The van der Waals surface area contributed by atoms with Crippen molar-refractivity contribution in [1.82, 2.24) is 30.0 Å². The van der Waals surface area contributed by atoms with E-state index in [0.29, 0.717) is 66.5 Å². The number of H-pyrrole nitrogens is 1. The van der Waals surface area contributed by atoms with Gasteiger partial charge >= 0.3 is 6.01 Å². The summed E-state index contributed by atoms with van der Waals surface area (Å²) < 4.78 is 18.5. The highest BCUT2D eigenvalue weighted by Gasteiger charge is 2.27. The Labute approximate surface area is 249 Å². The molecule has 0 aliphatic carbocycles. The number of ether oxygens (including phenoxy) is 3. The number of aromatic nitrogens is 5. The highest BCUT2D eigenvalue weighted by molar-refractivity contribution is 6.33. The van der Waals surface area contributed by atoms with E-state index >= 15 is 0 Å². The van der Waals surface area contributed by atoms with Crippen LogP contribution >= 0.6 is 11.6 Å². The Morgan fingerprint density at radius 3 is 2.64 bits per heavy atom. The first-order valence-electron chi connectivity index (χ1n) is 13.8. The molecular formula is C30H34ClN7O4. The van der Waals surface area contributed by atoms with Crippen LogP contribution < -0.4 is 14.4 Å². The van der Waals surface area contributed by atoms with Gasteiger partial charge in [0.1, 0.15) is 17.4 Å². The van der Waals surface area contributed by atoms with Crippen LogP contribution in [0.25, 0.3) is 21.8 Å². The Kier molecular flexibility index (Phi) is 8.89. The molecule has 220 valence electrons. The summed E-state index contributed by atoms with van der Waals surface area (Å²) in [5.74, 6) is 1.22. The van der Waals surface area contributed by atoms with Crippen molar-refractivity contribution in [2.75, 3.05) is 38.2 Å². The van der Waals surface area contributed by atoms with Gasteiger partial charge in [0.2, 0.25) is 11.8 Å². The van der Waals surface area contributed by atoms with Crippen molar-refractivity contribution in [2.24, 2.45) is 0 Å². The van der Waals surface area contributed by atoms with E-state index in [4.69, 9.17) is 35.8 Å². The number of anilines is 1. The Balaban J connectivity index is 1.58. The van der Waals surface area contributed by atoms with Crippen molar-refractivity contribution in [3.8, 4) is 17.6 Å². The lowest BCUT2D eigenvalue weighted by Crippen LogP contribution is -2.48. The minimum absolute atomic E-state index is 0.0923. The number of carbonyl (C=O) groups excluding carboxylic acids is 1. The Morgan fingerprint density at radius 1 is 1.17 bits per heavy atom. The van der Waals surface area contributed by atoms with Crippen LogP contribution in [0.3, 0.4) is 0 Å². The number of hydrogen-bond donors (Lipinski definition) is 1. The van der Waals surface area contributed by atoms with Gasteiger partial charge in [-0.25, -0.2) is 4.98 Å². The third-order valence-corrected chi connectivity index (χ3v) is 7.56. The zero-order chi connectivity index (χ0) is 29.8. The lowest BCUT2D eigenvalue weighted by atomic mass is 10.0. The summed E-state index contributed by atoms with van der Waals surface area (Å²) in [4.78, 5) is 30.3. The molecule has 1 aliphatic rings. The number of hydrogen-bond acceptors (Lipinski definition) is 9. The van der Waals surface area contributed by atoms with Gasteiger partial charge in [0.15, 0.2) is 5.75 Å². The number of pyridine rings is 1. The second-order valence-corrected chi connectivity index (χ2v) is 10.6. The second-order valence-electron chi connectivity index (χ2n) is 10.2. The van der Waals surface area contributed by atoms with Crippen molar-refractivity contribution in [1.29, 1.82) is 0 Å². The molecule has 0 radical (unpaired) electrons. The number of aromatic amines is 1. The molecular weight excluding hydrogens is 558 g/mol. The van der Waals surface area contributed by atoms with Gasteiger partial charge in [-0.1, -0.05) is 30.7 Å². The Morgan fingerprint density at radius 2 is 1.95 bits per heavy atom. The summed E-state index contributed by atoms with van der Waals surface area (Å²) in [6.45, 7) is 13.8. The maximum atomic E-state index is 12.2. The average Bonchev–Trinajstić information content (AvgIpc) is 3.49. The van der Waals surface area contributed by atoms with E-state index < -0.39 is 0 Å². The van der Waals surface area contributed by atoms with E-state index in [1.54, 1.807) is 30.5 Å². The number of methoxy groups -OCH3 is 1. The zero-order valence-electron chi connectivity index (χ0n) is 24.0. The molecule has 4 aromatic rings. The number of nitrogens with zero attached hydrogens (tertiary/aromatic N) is 6. The van der Waals surface area contributed by atoms with Crippen molar-refractivity contribution in [3.63, 3.8) is 0 Å². The monoisotopic (exact) mass is 591 g/mol. The molecule has 5 rings (SSSR count). The van der Waals surface area contributed by atoms with Crippen LogP contribution in [0.15, 0.2) is 55.4 Å². The molecule has 0 bridgehead atoms. The first-order chi connectivity index (χ1) is 20.3. The minimum Gasteiger partial charge on any atom is -0.457 e. The molecule has 3 aromatic heterocycles. The summed E-state index contributed by atoms with van der Waals surface area (Å²) in [6, 6.07) is 5.58. The highest BCUT2D eigenvalue weighted by Crippen LogP contribution is 2.39. The molecule has 0 saturated carbocycles. The fraction of sp³-hybridized carbons (Fsp3) is 0.367. The smallest absolute Gasteiger partial charge is 0.319 e. The van der Waals surface area contributed by atoms with E-state index in [2.05, 4.69) is 33.2 Å². The SMILES string of the molecule is C=CC(=O)N1CCN(c2nc(O[C@H](CC)[C@@H](CC(=C)C)OC)nc3c(Oc4c(Cl)ccc5[nH]ncc45)nccc23)CC1. The maximum absolute atomic E-state index is 12.2. The number of piperazine rings is 1. The average molecular weight is 592 g/mol. The quantitative estimate of drug-likeness (QED) is 0.182. The van der Waals surface area contributed by atoms with Gasteiger partial charge in [-0.05, 0) is 44.0 Å². The molecule has 12 heteroatoms. The zero-order valence-corrected chi connectivity index (χ0v) is 24.7. The molecule has 1 saturated heterocycles. The molecule has 2 atom stereocenters. The summed E-state index contributed by atoms with van der Waals surface area (Å²) in [7, 11) is 1.66. The first kappa shape index (κ1) is 29.3. The van der Waals surface area contributed by atoms with Gasteiger partial charge in [0.25, 0.3) is 0 Å². The largest absolute Gasteiger partial charge is 0.457 e. The van der Waals surface area contributed by atoms with Crippen molar-refractivity contribution < 1.29 is 19.0 Å². The minimum atomic E-state index is -0.325. The van der Waals surface area contributed by atoms with Gasteiger partial charge in [0, 0.05) is 39.5 Å². The van der Waals surface area contributed by atoms with E-state index in [1.165, 1.54) is 6.08 Å². The fourth-order valence-electron chi connectivity index (χ4n) is 5.06. The van der Waals surface area contributed by atoms with Gasteiger partial charge in [-0.3, -0.25) is 9.89 Å². The lowest BCUT2D eigenvalue weighted by Gasteiger charge is -2.35. The standard InChI is InChI=1S/C30H34ClN7O4/c1-6-23(24(40-5)16-18(3)4)41-30-34-26-19(28(35-30)38-14-12-37(13-15-38)25(39)7-2)10-11-32-29(26)42-27-20-17-33-36-22(20)9-8-21(27)31/h7-11,17,23-24H,2-3,6,12-16H2,1,4-5H3,(H,33,36)/t23-,24-/m1/s1. The van der Waals surface area contributed by atoms with Crippen molar-refractivity contribution in [2.45, 2.75) is 38.9 Å². The molecule has 1 aromatic carbocycles. The summed E-state index contributed by atoms with van der Waals surface area (Å²) in [5, 5.41) is 8.90. The molecule has 0 unspecified atom stereocenters. The molecule has 0 spiro atoms. The van der Waals surface area contributed by atoms with Gasteiger partial charge < -0.3 is 24.0 Å². The Hall–Kier alpha value is -4.22. The molecule has 11 nitrogen and oxygen atoms in total. The lowest BCUT2D eigenvalue weighted by molar-refractivity contribution is -0.126. The summed E-state index contributed by atoms with van der Waals surface area (Å²) in [5.41, 5.74) is 2.22. The number of halogens is 1. The van der Waals surface area contributed by atoms with Crippen LogP contribution in [0, 0.1) is 0 Å². The van der Waals surface area contributed by atoms with Crippen LogP contribution in [-0.2, 0) is 9.53 Å². The van der Waals surface area contributed by atoms with E-state index in [0.717, 1.165) is 16.5 Å². The third-order valence-electron chi connectivity index (χ3n) is 7.26. The molecule has 1 fully saturated rings. The molecule has 1 amide bonds. The second kappa shape index (κ2) is 12.7. The van der Waals surface area contributed by atoms with Gasteiger partial charge in [0.05, 0.1) is 33.6 Å². The van der Waals surface area contributed by atoms with Crippen LogP contribution in [0.5, 0.6) is 17.6 Å². The molecule has 4 heterocycles. The molecule has 1 aliphatic heterocycles. The van der Waals surface area contributed by atoms with E-state index in [-0.39, 0.29) is 30.0 Å². The topological polar surface area (TPSA) is 119 Å². The summed E-state index contributed by atoms with van der Waals surface area (Å²) >= 11 is 6.56. The van der Waals surface area contributed by atoms with Crippen LogP contribution in [-0.4, -0.2) is 81.5 Å². The van der Waals surface area contributed by atoms with Crippen molar-refractivity contribution >= 4 is 45.1 Å². The number of benzene rings is 1. The van der Waals surface area contributed by atoms with Gasteiger partial charge in [-0.15, -0.1) is 6.58 Å². The Bertz CT molecular complexity index is 1620. The van der Waals surface area contributed by atoms with Gasteiger partial charge in [-0.2, -0.15) is 15.1 Å². The number of fused-ring (bicyclic) bond motifs is 2. The first-order valence-corrected chi connectivity index (χ1v) is 14.2. The number of rotatable bonds is 11. The number of carbonyl (C=O) groups is 1. The normalized spacial score (nSPS) is 15.0. The predicted molar refractivity (Wildman–Crippen MR) is 162 cm³/mol. The maximum Gasteiger partial charge on any atom is 0.319 e. The number of nitrogens with one attached hydrogen (secondary N) is 1. The van der Waals surface area contributed by atoms with E-state index in [1.807, 2.05) is 26.0 Å². The third kappa shape index (κ3) is 6.02. The predicted octanol–water partition coefficient (Wildman–Crippen LogP) is 5.32. The molecule has 42 heavy (non-hydrogen) atoms. The molecule has 1 N–H and O–H groups in total. The number of amides is 1. The van der Waals surface area contributed by atoms with Crippen molar-refractivity contribution in [3.05, 3.63) is 60.4 Å². The van der Waals surface area contributed by atoms with Crippen LogP contribution in [0.4, 0.5) is 5.82 Å².